The molecule has 0 atom stereocenters. The minimum absolute atomic E-state index is 0. The molecule has 5 heteroatoms. The van der Waals surface area contributed by atoms with Gasteiger partial charge in [0.2, 0.25) is 0 Å². The first kappa shape index (κ1) is 13.1. The van der Waals surface area contributed by atoms with Crippen LogP contribution in [0.4, 0.5) is 0 Å². The zero-order chi connectivity index (χ0) is 5.98. The normalized spacial score (nSPS) is 29.4. The summed E-state index contributed by atoms with van der Waals surface area (Å²) >= 11 is 0. The van der Waals surface area contributed by atoms with Crippen molar-refractivity contribution in [2.75, 3.05) is 6.61 Å². The molecule has 0 aromatic heterocycles. The van der Waals surface area contributed by atoms with E-state index < -0.39 is 0 Å². The molecule has 1 aliphatic rings. The van der Waals surface area contributed by atoms with Gasteiger partial charge in [-0.25, -0.2) is 5.90 Å². The molecular weight excluding hydrogens is 175 g/mol. The van der Waals surface area contributed by atoms with Crippen LogP contribution in [0.5, 0.6) is 0 Å². The van der Waals surface area contributed by atoms with Crippen LogP contribution in [0, 0.1) is 5.92 Å². The van der Waals surface area contributed by atoms with Crippen LogP contribution in [0.15, 0.2) is 0 Å². The van der Waals surface area contributed by atoms with E-state index in [9.17, 15) is 0 Å². The third-order valence-corrected chi connectivity index (χ3v) is 1.60. The lowest BCUT2D eigenvalue weighted by molar-refractivity contribution is 0.0625. The molecule has 0 aromatic rings. The summed E-state index contributed by atoms with van der Waals surface area (Å²) in [4.78, 5) is 4.44. The molecule has 0 spiro atoms. The van der Waals surface area contributed by atoms with Crippen LogP contribution in [0.1, 0.15) is 12.8 Å². The Kier molecular flexibility index (Phi) is 8.09. The zero-order valence-corrected chi connectivity index (χ0v) is 7.29. The zero-order valence-electron chi connectivity index (χ0n) is 5.66. The average Bonchev–Trinajstić information content (AvgIpc) is 1.64. The average molecular weight is 189 g/mol. The maximum atomic E-state index is 5.50. The summed E-state index contributed by atoms with van der Waals surface area (Å²) in [7, 11) is 0. The molecule has 0 aromatic carbocycles. The second kappa shape index (κ2) is 6.19. The topological polar surface area (TPSA) is 61.3 Å². The standard InChI is InChI=1S/C5H12N2O.2ClH/c6-5-1-4(2-5)3-8-7;;/h4-5H,1-3,6-7H2;2*1H. The van der Waals surface area contributed by atoms with Gasteiger partial charge >= 0.3 is 0 Å². The number of halogens is 2. The maximum Gasteiger partial charge on any atom is 0.0708 e. The summed E-state index contributed by atoms with van der Waals surface area (Å²) in [5.41, 5.74) is 5.50. The first-order chi connectivity index (χ1) is 3.83. The number of hydrogen-bond donors (Lipinski definition) is 2. The van der Waals surface area contributed by atoms with Crippen molar-refractivity contribution < 1.29 is 4.84 Å². The highest BCUT2D eigenvalue weighted by Gasteiger charge is 2.25. The lowest BCUT2D eigenvalue weighted by atomic mass is 9.82. The highest BCUT2D eigenvalue weighted by Crippen LogP contribution is 2.24. The SMILES string of the molecule is Cl.Cl.NOCC1CC(N)C1. The lowest BCUT2D eigenvalue weighted by Gasteiger charge is -2.31. The number of rotatable bonds is 2. The van der Waals surface area contributed by atoms with Crippen LogP contribution < -0.4 is 11.6 Å². The Balaban J connectivity index is 0. The predicted octanol–water partition coefficient (Wildman–Crippen LogP) is 0.458. The fraction of sp³-hybridized carbons (Fsp3) is 1.00. The Morgan fingerprint density at radius 3 is 2.10 bits per heavy atom. The van der Waals surface area contributed by atoms with E-state index in [1.807, 2.05) is 0 Å². The Morgan fingerprint density at radius 1 is 1.30 bits per heavy atom. The third kappa shape index (κ3) is 3.58. The lowest BCUT2D eigenvalue weighted by Crippen LogP contribution is -2.38. The third-order valence-electron chi connectivity index (χ3n) is 1.60. The fourth-order valence-corrected chi connectivity index (χ4v) is 1.06. The van der Waals surface area contributed by atoms with Gasteiger partial charge in [-0.1, -0.05) is 0 Å². The molecule has 10 heavy (non-hydrogen) atoms. The van der Waals surface area contributed by atoms with Crippen molar-refractivity contribution in [3.05, 3.63) is 0 Å². The van der Waals surface area contributed by atoms with Crippen LogP contribution in [-0.4, -0.2) is 12.6 Å². The smallest absolute Gasteiger partial charge is 0.0708 e. The van der Waals surface area contributed by atoms with Gasteiger partial charge in [-0.2, -0.15) is 0 Å². The molecule has 0 heterocycles. The second-order valence-electron chi connectivity index (χ2n) is 2.43. The van der Waals surface area contributed by atoms with Gasteiger partial charge in [-0.05, 0) is 18.8 Å². The van der Waals surface area contributed by atoms with Crippen LogP contribution >= 0.6 is 24.8 Å². The molecule has 0 saturated heterocycles. The molecule has 0 unspecified atom stereocenters. The maximum absolute atomic E-state index is 5.50. The summed E-state index contributed by atoms with van der Waals surface area (Å²) < 4.78 is 0. The van der Waals surface area contributed by atoms with E-state index in [0.717, 1.165) is 12.8 Å². The van der Waals surface area contributed by atoms with E-state index in [2.05, 4.69) is 4.84 Å². The highest BCUT2D eigenvalue weighted by atomic mass is 35.5. The van der Waals surface area contributed by atoms with Gasteiger partial charge in [0.05, 0.1) is 6.61 Å². The quantitative estimate of drug-likeness (QED) is 0.620. The second-order valence-corrected chi connectivity index (χ2v) is 2.43. The number of nitrogens with two attached hydrogens (primary N) is 2. The first-order valence-electron chi connectivity index (χ1n) is 2.90. The monoisotopic (exact) mass is 188 g/mol. The molecule has 1 aliphatic carbocycles. The van der Waals surface area contributed by atoms with Gasteiger partial charge < -0.3 is 10.6 Å². The Bertz CT molecular complexity index is 75.3. The van der Waals surface area contributed by atoms with Crippen molar-refractivity contribution in [2.45, 2.75) is 18.9 Å². The molecule has 1 saturated carbocycles. The van der Waals surface area contributed by atoms with E-state index in [0.29, 0.717) is 18.6 Å². The van der Waals surface area contributed by atoms with Crippen LogP contribution in [0.25, 0.3) is 0 Å². The summed E-state index contributed by atoms with van der Waals surface area (Å²) in [5, 5.41) is 0. The van der Waals surface area contributed by atoms with Crippen LogP contribution in [-0.2, 0) is 4.84 Å². The Labute approximate surface area is 73.2 Å². The molecule has 0 bridgehead atoms. The van der Waals surface area contributed by atoms with E-state index in [1.165, 1.54) is 0 Å². The van der Waals surface area contributed by atoms with E-state index >= 15 is 0 Å². The van der Waals surface area contributed by atoms with Gasteiger partial charge in [0.15, 0.2) is 0 Å². The van der Waals surface area contributed by atoms with Crippen LogP contribution in [0.2, 0.25) is 0 Å². The molecule has 64 valence electrons. The summed E-state index contributed by atoms with van der Waals surface area (Å²) in [6.07, 6.45) is 2.16. The molecule has 3 nitrogen and oxygen atoms in total. The van der Waals surface area contributed by atoms with Crippen molar-refractivity contribution >= 4 is 24.8 Å². The molecule has 1 rings (SSSR count). The van der Waals surface area contributed by atoms with Crippen molar-refractivity contribution in [2.24, 2.45) is 17.5 Å². The minimum atomic E-state index is 0. The minimum Gasteiger partial charge on any atom is -0.328 e. The summed E-state index contributed by atoms with van der Waals surface area (Å²) in [6.45, 7) is 0.674. The fourth-order valence-electron chi connectivity index (χ4n) is 1.06. The van der Waals surface area contributed by atoms with Crippen molar-refractivity contribution in [1.29, 1.82) is 0 Å². The van der Waals surface area contributed by atoms with Crippen molar-refractivity contribution in [3.8, 4) is 0 Å². The Morgan fingerprint density at radius 2 is 1.80 bits per heavy atom. The predicted molar refractivity (Wildman–Crippen MR) is 45.3 cm³/mol. The molecule has 4 N–H and O–H groups in total. The van der Waals surface area contributed by atoms with Gasteiger partial charge in [0.1, 0.15) is 0 Å². The van der Waals surface area contributed by atoms with E-state index in [-0.39, 0.29) is 24.8 Å². The largest absolute Gasteiger partial charge is 0.328 e. The summed E-state index contributed by atoms with van der Waals surface area (Å²) in [6, 6.07) is 0.412. The highest BCUT2D eigenvalue weighted by molar-refractivity contribution is 5.85. The molecule has 0 aliphatic heterocycles. The molecule has 1 fully saturated rings. The first-order valence-corrected chi connectivity index (χ1v) is 2.90. The van der Waals surface area contributed by atoms with Crippen molar-refractivity contribution in [1.82, 2.24) is 0 Å². The Hall–Kier alpha value is 0.460. The van der Waals surface area contributed by atoms with Gasteiger partial charge in [0, 0.05) is 6.04 Å². The van der Waals surface area contributed by atoms with E-state index in [1.54, 1.807) is 0 Å². The summed E-state index contributed by atoms with van der Waals surface area (Å²) in [5.74, 6) is 5.48. The molecular formula is C5H14Cl2N2O. The molecule has 0 radical (unpaired) electrons. The van der Waals surface area contributed by atoms with Crippen LogP contribution in [0.3, 0.4) is 0 Å². The number of hydrogen-bond acceptors (Lipinski definition) is 3. The van der Waals surface area contributed by atoms with E-state index in [4.69, 9.17) is 11.6 Å². The molecule has 0 amide bonds. The van der Waals surface area contributed by atoms with Crippen molar-refractivity contribution in [3.63, 3.8) is 0 Å². The van der Waals surface area contributed by atoms with Gasteiger partial charge in [-0.15, -0.1) is 24.8 Å². The van der Waals surface area contributed by atoms with Gasteiger partial charge in [-0.3, -0.25) is 0 Å². The van der Waals surface area contributed by atoms with Gasteiger partial charge in [0.25, 0.3) is 0 Å².